The fourth-order valence-electron chi connectivity index (χ4n) is 5.58. The molecule has 1 saturated heterocycles. The van der Waals surface area contributed by atoms with E-state index in [0.29, 0.717) is 32.9 Å². The van der Waals surface area contributed by atoms with E-state index in [1.54, 1.807) is 11.5 Å². The minimum Gasteiger partial charge on any atom is -0.463 e. The molecule has 0 aliphatic carbocycles. The van der Waals surface area contributed by atoms with Crippen LogP contribution < -0.4 is 19.8 Å². The second-order valence-corrected chi connectivity index (χ2v) is 11.9. The first kappa shape index (κ1) is 28.1. The predicted molar refractivity (Wildman–Crippen MR) is 163 cm³/mol. The molecule has 1 aromatic heterocycles. The molecule has 0 radical (unpaired) electrons. The second-order valence-electron chi connectivity index (χ2n) is 10.9. The highest BCUT2D eigenvalue weighted by Crippen LogP contribution is 2.33. The van der Waals surface area contributed by atoms with Gasteiger partial charge in [0, 0.05) is 18.8 Å². The molecule has 0 amide bonds. The summed E-state index contributed by atoms with van der Waals surface area (Å²) in [4.78, 5) is 35.3. The van der Waals surface area contributed by atoms with E-state index < -0.39 is 12.0 Å². The molecule has 5 rings (SSSR count). The zero-order valence-electron chi connectivity index (χ0n) is 24.0. The number of esters is 1. The molecule has 2 aromatic carbocycles. The highest BCUT2D eigenvalue weighted by Gasteiger charge is 2.34. The normalized spacial score (nSPS) is 17.7. The lowest BCUT2D eigenvalue weighted by Gasteiger charge is -2.28. The Labute approximate surface area is 240 Å². The van der Waals surface area contributed by atoms with Gasteiger partial charge in [-0.1, -0.05) is 74.9 Å². The van der Waals surface area contributed by atoms with Crippen molar-refractivity contribution in [3.63, 3.8) is 0 Å². The number of allylic oxidation sites excluding steroid dienone is 1. The summed E-state index contributed by atoms with van der Waals surface area (Å²) in [6.45, 7) is 10.6. The molecule has 210 valence electrons. The van der Waals surface area contributed by atoms with Gasteiger partial charge in [0.1, 0.15) is 0 Å². The summed E-state index contributed by atoms with van der Waals surface area (Å²) < 4.78 is 7.80. The number of thiazole rings is 1. The summed E-state index contributed by atoms with van der Waals surface area (Å²) in [5.74, 6) is -0.0247. The molecule has 0 spiro atoms. The molecule has 40 heavy (non-hydrogen) atoms. The monoisotopic (exact) mass is 557 g/mol. The minimum absolute atomic E-state index is 0.140. The minimum atomic E-state index is -0.582. The van der Waals surface area contributed by atoms with Gasteiger partial charge in [-0.3, -0.25) is 9.36 Å². The van der Waals surface area contributed by atoms with Crippen LogP contribution in [0.1, 0.15) is 88.4 Å². The molecule has 3 aromatic rings. The molecule has 2 aliphatic rings. The maximum atomic E-state index is 14.0. The van der Waals surface area contributed by atoms with Crippen LogP contribution in [-0.2, 0) is 9.53 Å². The van der Waals surface area contributed by atoms with E-state index in [2.05, 4.69) is 62.1 Å². The number of hydrogen-bond acceptors (Lipinski definition) is 6. The van der Waals surface area contributed by atoms with Gasteiger partial charge in [0.05, 0.1) is 28.5 Å². The number of nitrogens with zero attached hydrogens (tertiary/aromatic N) is 3. The molecule has 1 atom stereocenters. The van der Waals surface area contributed by atoms with E-state index in [1.807, 2.05) is 18.2 Å². The fraction of sp³-hybridized carbons (Fsp3) is 0.424. The van der Waals surface area contributed by atoms with Crippen molar-refractivity contribution in [1.29, 1.82) is 0 Å². The number of aromatic nitrogens is 1. The Hall–Kier alpha value is -3.45. The summed E-state index contributed by atoms with van der Waals surface area (Å²) in [7, 11) is 0. The number of fused-ring (bicyclic) bond motifs is 1. The van der Waals surface area contributed by atoms with Gasteiger partial charge in [-0.15, -0.1) is 0 Å². The van der Waals surface area contributed by atoms with Crippen molar-refractivity contribution < 1.29 is 9.53 Å². The third-order valence-electron chi connectivity index (χ3n) is 7.72. The SMILES string of the molecule is CCCC1=C(C(=O)OCC)[C@H](c2ccc(C(C)C)cc2)n2c(s/c(=C/c3ccc(N4CCCCC4)cc3)c2=O)=N1. The average Bonchev–Trinajstić information content (AvgIpc) is 3.27. The molecule has 7 heteroatoms. The van der Waals surface area contributed by atoms with Gasteiger partial charge >= 0.3 is 5.97 Å². The van der Waals surface area contributed by atoms with Crippen LogP contribution in [0.2, 0.25) is 0 Å². The van der Waals surface area contributed by atoms with E-state index in [-0.39, 0.29) is 12.2 Å². The van der Waals surface area contributed by atoms with Crippen molar-refractivity contribution in [3.05, 3.63) is 96.2 Å². The van der Waals surface area contributed by atoms with Crippen LogP contribution in [0.3, 0.4) is 0 Å². The first-order valence-electron chi connectivity index (χ1n) is 14.6. The number of ether oxygens (including phenoxy) is 1. The molecular weight excluding hydrogens is 518 g/mol. The number of carbonyl (C=O) groups excluding carboxylic acids is 1. The molecule has 3 heterocycles. The van der Waals surface area contributed by atoms with Crippen molar-refractivity contribution in [2.45, 2.75) is 71.8 Å². The summed E-state index contributed by atoms with van der Waals surface area (Å²) >= 11 is 1.38. The van der Waals surface area contributed by atoms with Gasteiger partial charge < -0.3 is 9.64 Å². The fourth-order valence-corrected chi connectivity index (χ4v) is 6.60. The largest absolute Gasteiger partial charge is 0.463 e. The first-order valence-corrected chi connectivity index (χ1v) is 15.4. The number of piperidine rings is 1. The number of carbonyl (C=O) groups is 1. The van der Waals surface area contributed by atoms with Gasteiger partial charge in [-0.05, 0) is 73.4 Å². The van der Waals surface area contributed by atoms with Crippen molar-refractivity contribution in [2.24, 2.45) is 4.99 Å². The Morgan fingerprint density at radius 2 is 1.75 bits per heavy atom. The van der Waals surface area contributed by atoms with Crippen LogP contribution in [-0.4, -0.2) is 30.2 Å². The zero-order chi connectivity index (χ0) is 28.2. The van der Waals surface area contributed by atoms with Crippen molar-refractivity contribution in [3.8, 4) is 0 Å². The summed E-state index contributed by atoms with van der Waals surface area (Å²) in [5.41, 5.74) is 5.32. The molecule has 0 bridgehead atoms. The average molecular weight is 558 g/mol. The molecule has 0 saturated carbocycles. The van der Waals surface area contributed by atoms with Crippen LogP contribution in [0.15, 0.2) is 69.6 Å². The van der Waals surface area contributed by atoms with Crippen LogP contribution in [0, 0.1) is 0 Å². The maximum Gasteiger partial charge on any atom is 0.338 e. The second kappa shape index (κ2) is 12.4. The molecule has 1 fully saturated rings. The summed E-state index contributed by atoms with van der Waals surface area (Å²) in [5, 5.41) is 0. The number of anilines is 1. The maximum absolute atomic E-state index is 14.0. The first-order chi connectivity index (χ1) is 19.4. The summed E-state index contributed by atoms with van der Waals surface area (Å²) in [6, 6.07) is 16.1. The Kier molecular flexibility index (Phi) is 8.69. The standard InChI is InChI=1S/C33H39N3O3S/c1-5-10-27-29(32(38)39-6-2)30(25-15-13-24(14-16-25)22(3)4)36-31(37)28(40-33(36)34-27)21-23-11-17-26(18-12-23)35-19-8-7-9-20-35/h11-18,21-22,30H,5-10,19-20H2,1-4H3/b28-21+/t30-/m0/s1. The highest BCUT2D eigenvalue weighted by atomic mass is 32.1. The number of benzene rings is 2. The third-order valence-corrected chi connectivity index (χ3v) is 8.71. The van der Waals surface area contributed by atoms with Gasteiger partial charge in [0.2, 0.25) is 0 Å². The Morgan fingerprint density at radius 3 is 2.38 bits per heavy atom. The quantitative estimate of drug-likeness (QED) is 0.334. The van der Waals surface area contributed by atoms with Gasteiger partial charge in [0.25, 0.3) is 5.56 Å². The highest BCUT2D eigenvalue weighted by molar-refractivity contribution is 7.07. The molecular formula is C33H39N3O3S. The van der Waals surface area contributed by atoms with Crippen molar-refractivity contribution in [1.82, 2.24) is 4.57 Å². The smallest absolute Gasteiger partial charge is 0.338 e. The van der Waals surface area contributed by atoms with Crippen molar-refractivity contribution >= 4 is 29.1 Å². The van der Waals surface area contributed by atoms with Gasteiger partial charge in [-0.25, -0.2) is 9.79 Å². The van der Waals surface area contributed by atoms with Gasteiger partial charge in [-0.2, -0.15) is 0 Å². The van der Waals surface area contributed by atoms with Gasteiger partial charge in [0.15, 0.2) is 4.80 Å². The zero-order valence-corrected chi connectivity index (χ0v) is 24.8. The lowest BCUT2D eigenvalue weighted by atomic mass is 9.92. The van der Waals surface area contributed by atoms with Crippen LogP contribution in [0.25, 0.3) is 6.08 Å². The lowest BCUT2D eigenvalue weighted by molar-refractivity contribution is -0.139. The van der Waals surface area contributed by atoms with E-state index in [1.165, 1.54) is 41.9 Å². The Bertz CT molecular complexity index is 1560. The van der Waals surface area contributed by atoms with E-state index in [4.69, 9.17) is 9.73 Å². The topological polar surface area (TPSA) is 63.9 Å². The van der Waals surface area contributed by atoms with Crippen molar-refractivity contribution in [2.75, 3.05) is 24.6 Å². The molecule has 2 aliphatic heterocycles. The van der Waals surface area contributed by atoms with E-state index in [0.717, 1.165) is 30.6 Å². The lowest BCUT2D eigenvalue weighted by Crippen LogP contribution is -2.40. The van der Waals surface area contributed by atoms with Crippen LogP contribution in [0.5, 0.6) is 0 Å². The van der Waals surface area contributed by atoms with E-state index in [9.17, 15) is 9.59 Å². The third kappa shape index (κ3) is 5.71. The molecule has 0 N–H and O–H groups in total. The Balaban J connectivity index is 1.61. The van der Waals surface area contributed by atoms with Crippen LogP contribution in [0.4, 0.5) is 5.69 Å². The molecule has 0 unspecified atom stereocenters. The van der Waals surface area contributed by atoms with E-state index >= 15 is 0 Å². The number of rotatable bonds is 8. The molecule has 6 nitrogen and oxygen atoms in total. The van der Waals surface area contributed by atoms with Crippen LogP contribution >= 0.6 is 11.3 Å². The summed E-state index contributed by atoms with van der Waals surface area (Å²) in [6.07, 6.45) is 7.18. The predicted octanol–water partition coefficient (Wildman–Crippen LogP) is 5.69. The Morgan fingerprint density at radius 1 is 1.05 bits per heavy atom. The number of hydrogen-bond donors (Lipinski definition) is 0.